The molecule has 14 heavy (non-hydrogen) atoms. The van der Waals surface area contributed by atoms with Crippen molar-refractivity contribution in [2.75, 3.05) is 13.7 Å². The number of hydrogen-bond donors (Lipinski definition) is 1. The molecule has 0 bridgehead atoms. The Kier molecular flexibility index (Phi) is 4.17. The van der Waals surface area contributed by atoms with Gasteiger partial charge >= 0.3 is 0 Å². The Labute approximate surface area is 92.9 Å². The van der Waals surface area contributed by atoms with Crippen LogP contribution in [0.15, 0.2) is 29.3 Å². The molecule has 1 rings (SSSR count). The van der Waals surface area contributed by atoms with Crippen molar-refractivity contribution in [3.8, 4) is 5.75 Å². The molecule has 1 aromatic carbocycles. The number of halogens is 1. The normalized spacial score (nSPS) is 9.93. The molecule has 0 atom stereocenters. The first-order valence-corrected chi connectivity index (χ1v) is 5.20. The maximum absolute atomic E-state index is 5.48. The summed E-state index contributed by atoms with van der Waals surface area (Å²) < 4.78 is 6.26. The highest BCUT2D eigenvalue weighted by Crippen LogP contribution is 2.29. The van der Waals surface area contributed by atoms with Crippen LogP contribution < -0.4 is 10.5 Å². The lowest BCUT2D eigenvalue weighted by atomic mass is 10.0. The molecule has 0 fully saturated rings. The third kappa shape index (κ3) is 2.59. The Morgan fingerprint density at radius 2 is 2.29 bits per heavy atom. The van der Waals surface area contributed by atoms with E-state index in [1.54, 1.807) is 7.11 Å². The minimum atomic E-state index is 0.609. The van der Waals surface area contributed by atoms with Gasteiger partial charge in [-0.15, -0.1) is 0 Å². The third-order valence-electron chi connectivity index (χ3n) is 1.99. The second-order valence-corrected chi connectivity index (χ2v) is 3.90. The van der Waals surface area contributed by atoms with Crippen LogP contribution >= 0.6 is 15.9 Å². The molecule has 0 aliphatic carbocycles. The van der Waals surface area contributed by atoms with Gasteiger partial charge < -0.3 is 10.5 Å². The van der Waals surface area contributed by atoms with E-state index in [1.165, 1.54) is 0 Å². The predicted octanol–water partition coefficient (Wildman–Crippen LogP) is 2.82. The lowest BCUT2D eigenvalue weighted by Gasteiger charge is -2.10. The second-order valence-electron chi connectivity index (χ2n) is 2.99. The van der Waals surface area contributed by atoms with Crippen LogP contribution in [0.25, 0.3) is 5.57 Å². The molecule has 2 nitrogen and oxygen atoms in total. The van der Waals surface area contributed by atoms with Crippen molar-refractivity contribution in [1.29, 1.82) is 0 Å². The summed E-state index contributed by atoms with van der Waals surface area (Å²) in [6.07, 6.45) is 0.790. The molecular formula is C11H14BrNO. The van der Waals surface area contributed by atoms with Gasteiger partial charge in [-0.1, -0.05) is 22.5 Å². The average molecular weight is 256 g/mol. The van der Waals surface area contributed by atoms with Crippen LogP contribution in [0.2, 0.25) is 0 Å². The summed E-state index contributed by atoms with van der Waals surface area (Å²) in [5.41, 5.74) is 7.52. The molecule has 0 aromatic heterocycles. The molecule has 0 saturated carbocycles. The van der Waals surface area contributed by atoms with E-state index in [0.717, 1.165) is 27.8 Å². The van der Waals surface area contributed by atoms with Crippen molar-refractivity contribution in [2.45, 2.75) is 6.42 Å². The number of ether oxygens (including phenoxy) is 1. The van der Waals surface area contributed by atoms with E-state index in [-0.39, 0.29) is 0 Å². The quantitative estimate of drug-likeness (QED) is 0.899. The van der Waals surface area contributed by atoms with Gasteiger partial charge in [-0.25, -0.2) is 0 Å². The highest BCUT2D eigenvalue weighted by atomic mass is 79.9. The fraction of sp³-hybridized carbons (Fsp3) is 0.273. The highest BCUT2D eigenvalue weighted by molar-refractivity contribution is 9.10. The largest absolute Gasteiger partial charge is 0.496 e. The number of methoxy groups -OCH3 is 1. The van der Waals surface area contributed by atoms with Crippen LogP contribution in [0.3, 0.4) is 0 Å². The number of rotatable bonds is 4. The van der Waals surface area contributed by atoms with Gasteiger partial charge in [-0.05, 0) is 36.7 Å². The summed E-state index contributed by atoms with van der Waals surface area (Å²) in [5.74, 6) is 0.831. The van der Waals surface area contributed by atoms with E-state index >= 15 is 0 Å². The zero-order chi connectivity index (χ0) is 10.6. The Hall–Kier alpha value is -0.800. The lowest BCUT2D eigenvalue weighted by molar-refractivity contribution is 0.413. The maximum Gasteiger partial charge on any atom is 0.127 e. The Balaban J connectivity index is 3.01. The van der Waals surface area contributed by atoms with Crippen molar-refractivity contribution >= 4 is 21.5 Å². The minimum absolute atomic E-state index is 0.609. The van der Waals surface area contributed by atoms with Crippen molar-refractivity contribution in [3.63, 3.8) is 0 Å². The highest BCUT2D eigenvalue weighted by Gasteiger charge is 2.06. The van der Waals surface area contributed by atoms with Crippen molar-refractivity contribution < 1.29 is 4.74 Å². The van der Waals surface area contributed by atoms with Crippen LogP contribution in [0, 0.1) is 0 Å². The second kappa shape index (κ2) is 5.17. The van der Waals surface area contributed by atoms with E-state index in [9.17, 15) is 0 Å². The van der Waals surface area contributed by atoms with Gasteiger partial charge in [0.15, 0.2) is 0 Å². The molecular weight excluding hydrogens is 242 g/mol. The smallest absolute Gasteiger partial charge is 0.127 e. The maximum atomic E-state index is 5.48. The molecule has 0 aliphatic rings. The van der Waals surface area contributed by atoms with E-state index in [4.69, 9.17) is 10.5 Å². The van der Waals surface area contributed by atoms with Gasteiger partial charge in [0.1, 0.15) is 5.75 Å². The van der Waals surface area contributed by atoms with Crippen molar-refractivity contribution in [2.24, 2.45) is 5.73 Å². The van der Waals surface area contributed by atoms with E-state index in [0.29, 0.717) is 6.54 Å². The number of hydrogen-bond acceptors (Lipinski definition) is 2. The predicted molar refractivity (Wildman–Crippen MR) is 63.4 cm³/mol. The Morgan fingerprint density at radius 1 is 1.57 bits per heavy atom. The lowest BCUT2D eigenvalue weighted by Crippen LogP contribution is -2.00. The first kappa shape index (κ1) is 11.3. The first-order valence-electron chi connectivity index (χ1n) is 4.40. The van der Waals surface area contributed by atoms with E-state index in [2.05, 4.69) is 22.5 Å². The molecule has 1 aromatic rings. The van der Waals surface area contributed by atoms with Crippen LogP contribution in [0.1, 0.15) is 12.0 Å². The number of nitrogens with two attached hydrogens (primary N) is 1. The van der Waals surface area contributed by atoms with Crippen molar-refractivity contribution in [3.05, 3.63) is 34.8 Å². The molecule has 0 amide bonds. The molecule has 0 unspecified atom stereocenters. The van der Waals surface area contributed by atoms with E-state index < -0.39 is 0 Å². The van der Waals surface area contributed by atoms with Gasteiger partial charge in [-0.2, -0.15) is 0 Å². The summed E-state index contributed by atoms with van der Waals surface area (Å²) in [4.78, 5) is 0. The molecule has 0 spiro atoms. The summed E-state index contributed by atoms with van der Waals surface area (Å²) in [7, 11) is 1.65. The molecule has 3 heteroatoms. The van der Waals surface area contributed by atoms with Gasteiger partial charge in [0.2, 0.25) is 0 Å². The molecule has 0 saturated heterocycles. The van der Waals surface area contributed by atoms with E-state index in [1.807, 2.05) is 18.2 Å². The van der Waals surface area contributed by atoms with Gasteiger partial charge in [0.25, 0.3) is 0 Å². The van der Waals surface area contributed by atoms with Crippen molar-refractivity contribution in [1.82, 2.24) is 0 Å². The van der Waals surface area contributed by atoms with Gasteiger partial charge in [0.05, 0.1) is 7.11 Å². The summed E-state index contributed by atoms with van der Waals surface area (Å²) in [5, 5.41) is 0. The monoisotopic (exact) mass is 255 g/mol. The first-order chi connectivity index (χ1) is 6.69. The third-order valence-corrected chi connectivity index (χ3v) is 2.48. The number of benzene rings is 1. The summed E-state index contributed by atoms with van der Waals surface area (Å²) in [6.45, 7) is 4.59. The van der Waals surface area contributed by atoms with Gasteiger partial charge in [0, 0.05) is 10.0 Å². The fourth-order valence-corrected chi connectivity index (χ4v) is 1.61. The molecule has 0 radical (unpaired) electrons. The summed E-state index contributed by atoms with van der Waals surface area (Å²) >= 11 is 3.39. The van der Waals surface area contributed by atoms with Crippen LogP contribution in [-0.2, 0) is 0 Å². The summed E-state index contributed by atoms with van der Waals surface area (Å²) in [6, 6.07) is 5.89. The Bertz CT molecular complexity index is 336. The van der Waals surface area contributed by atoms with Crippen LogP contribution in [0.5, 0.6) is 5.75 Å². The van der Waals surface area contributed by atoms with Gasteiger partial charge in [-0.3, -0.25) is 0 Å². The topological polar surface area (TPSA) is 35.2 Å². The SMILES string of the molecule is C=C(CCN)c1ccc(Br)cc1OC. The molecule has 0 aliphatic heterocycles. The van der Waals surface area contributed by atoms with Crippen LogP contribution in [-0.4, -0.2) is 13.7 Å². The minimum Gasteiger partial charge on any atom is -0.496 e. The zero-order valence-electron chi connectivity index (χ0n) is 8.22. The zero-order valence-corrected chi connectivity index (χ0v) is 9.80. The fourth-order valence-electron chi connectivity index (χ4n) is 1.27. The Morgan fingerprint density at radius 3 is 2.86 bits per heavy atom. The molecule has 0 heterocycles. The molecule has 76 valence electrons. The molecule has 2 N–H and O–H groups in total. The average Bonchev–Trinajstić information content (AvgIpc) is 2.17. The van der Waals surface area contributed by atoms with Crippen LogP contribution in [0.4, 0.5) is 0 Å². The standard InChI is InChI=1S/C11H14BrNO/c1-8(5-6-13)10-4-3-9(12)7-11(10)14-2/h3-4,7H,1,5-6,13H2,2H3.